The standard InChI is InChI=1S/C14H10Cl2O6S2/c1-7-3-11-13(5-9(7)15)23(17,18)22-12-4-8(2)10(16)6-14(12)24(19,20)21-11/h3-6H,1-2H3. The fourth-order valence-electron chi connectivity index (χ4n) is 2.12. The molecule has 128 valence electrons. The Morgan fingerprint density at radius 2 is 1.04 bits per heavy atom. The maximum Gasteiger partial charge on any atom is 0.343 e. The van der Waals surface area contributed by atoms with Crippen LogP contribution >= 0.6 is 23.2 Å². The van der Waals surface area contributed by atoms with E-state index in [4.69, 9.17) is 31.6 Å². The number of halogens is 2. The number of hydrogen-bond acceptors (Lipinski definition) is 6. The first-order chi connectivity index (χ1) is 11.0. The third-order valence-corrected chi connectivity index (χ3v) is 6.72. The predicted octanol–water partition coefficient (Wildman–Crippen LogP) is 3.46. The van der Waals surface area contributed by atoms with Gasteiger partial charge >= 0.3 is 20.2 Å². The van der Waals surface area contributed by atoms with Crippen LogP contribution in [0.15, 0.2) is 34.1 Å². The van der Waals surface area contributed by atoms with Crippen molar-refractivity contribution in [1.82, 2.24) is 0 Å². The lowest BCUT2D eigenvalue weighted by atomic mass is 10.2. The molecule has 24 heavy (non-hydrogen) atoms. The molecular formula is C14H10Cl2O6S2. The molecule has 0 radical (unpaired) electrons. The van der Waals surface area contributed by atoms with Crippen LogP contribution in [0.3, 0.4) is 0 Å². The van der Waals surface area contributed by atoms with E-state index in [0.717, 1.165) is 12.1 Å². The second kappa shape index (κ2) is 5.52. The molecule has 0 bridgehead atoms. The largest absolute Gasteiger partial charge is 0.377 e. The summed E-state index contributed by atoms with van der Waals surface area (Å²) >= 11 is 11.9. The topological polar surface area (TPSA) is 86.7 Å². The maximum absolute atomic E-state index is 12.5. The van der Waals surface area contributed by atoms with Gasteiger partial charge < -0.3 is 8.37 Å². The van der Waals surface area contributed by atoms with Crippen LogP contribution in [0.1, 0.15) is 11.1 Å². The zero-order valence-corrected chi connectivity index (χ0v) is 15.5. The maximum atomic E-state index is 12.5. The van der Waals surface area contributed by atoms with Crippen molar-refractivity contribution in [2.24, 2.45) is 0 Å². The average molecular weight is 409 g/mol. The molecule has 0 N–H and O–H groups in total. The molecule has 0 saturated carbocycles. The Morgan fingerprint density at radius 3 is 1.38 bits per heavy atom. The fourth-order valence-corrected chi connectivity index (χ4v) is 4.83. The highest BCUT2D eigenvalue weighted by Crippen LogP contribution is 2.40. The van der Waals surface area contributed by atoms with Crippen molar-refractivity contribution in [2.75, 3.05) is 0 Å². The Hall–Kier alpha value is -1.48. The second-order valence-electron chi connectivity index (χ2n) is 5.17. The Kier molecular flexibility index (Phi) is 3.99. The molecule has 0 aliphatic carbocycles. The lowest BCUT2D eigenvalue weighted by molar-refractivity contribution is 0.443. The van der Waals surface area contributed by atoms with Crippen molar-refractivity contribution in [3.63, 3.8) is 0 Å². The van der Waals surface area contributed by atoms with E-state index in [1.165, 1.54) is 12.1 Å². The molecule has 2 aromatic rings. The van der Waals surface area contributed by atoms with Gasteiger partial charge in [0.1, 0.15) is 0 Å². The van der Waals surface area contributed by atoms with Crippen molar-refractivity contribution in [2.45, 2.75) is 23.6 Å². The Bertz CT molecular complexity index is 987. The summed E-state index contributed by atoms with van der Waals surface area (Å²) in [6.07, 6.45) is 0. The molecule has 1 aliphatic rings. The van der Waals surface area contributed by atoms with Gasteiger partial charge in [0, 0.05) is 10.0 Å². The summed E-state index contributed by atoms with van der Waals surface area (Å²) in [5, 5.41) is 0.269. The number of aryl methyl sites for hydroxylation is 2. The molecule has 6 nitrogen and oxygen atoms in total. The fraction of sp³-hybridized carbons (Fsp3) is 0.143. The number of fused-ring (bicyclic) bond motifs is 2. The molecule has 1 heterocycles. The summed E-state index contributed by atoms with van der Waals surface area (Å²) in [7, 11) is -8.70. The van der Waals surface area contributed by atoms with Gasteiger partial charge in [-0.15, -0.1) is 0 Å². The number of rotatable bonds is 0. The van der Waals surface area contributed by atoms with Crippen LogP contribution in [-0.2, 0) is 20.2 Å². The lowest BCUT2D eigenvalue weighted by Crippen LogP contribution is -2.21. The molecule has 10 heteroatoms. The van der Waals surface area contributed by atoms with Crippen LogP contribution in [0.25, 0.3) is 0 Å². The SMILES string of the molecule is Cc1cc2c(cc1Cl)S(=O)(=O)Oc1cc(C)c(Cl)cc1S(=O)(=O)O2. The van der Waals surface area contributed by atoms with E-state index in [2.05, 4.69) is 0 Å². The first-order valence-corrected chi connectivity index (χ1v) is 10.1. The van der Waals surface area contributed by atoms with Crippen LogP contribution in [0.5, 0.6) is 11.5 Å². The van der Waals surface area contributed by atoms with Crippen molar-refractivity contribution < 1.29 is 25.2 Å². The highest BCUT2D eigenvalue weighted by atomic mass is 35.5. The molecular weight excluding hydrogens is 399 g/mol. The summed E-state index contributed by atoms with van der Waals surface area (Å²) < 4.78 is 60.0. The van der Waals surface area contributed by atoms with Gasteiger partial charge in [0.15, 0.2) is 21.3 Å². The van der Waals surface area contributed by atoms with Crippen LogP contribution in [0.4, 0.5) is 0 Å². The van der Waals surface area contributed by atoms with E-state index >= 15 is 0 Å². The molecule has 3 rings (SSSR count). The van der Waals surface area contributed by atoms with Gasteiger partial charge in [-0.05, 0) is 49.2 Å². The zero-order valence-electron chi connectivity index (χ0n) is 12.3. The molecule has 0 fully saturated rings. The molecule has 0 amide bonds. The smallest absolute Gasteiger partial charge is 0.343 e. The van der Waals surface area contributed by atoms with E-state index in [0.29, 0.717) is 11.1 Å². The average Bonchev–Trinajstić information content (AvgIpc) is 2.44. The van der Waals surface area contributed by atoms with Gasteiger partial charge in [0.25, 0.3) is 0 Å². The number of benzene rings is 2. The first kappa shape index (κ1) is 17.3. The Balaban J connectivity index is 2.36. The van der Waals surface area contributed by atoms with Gasteiger partial charge in [0.2, 0.25) is 0 Å². The quantitative estimate of drug-likeness (QED) is 0.620. The van der Waals surface area contributed by atoms with E-state index in [1.54, 1.807) is 13.8 Å². The van der Waals surface area contributed by atoms with E-state index in [9.17, 15) is 16.8 Å². The minimum atomic E-state index is -4.35. The van der Waals surface area contributed by atoms with Crippen molar-refractivity contribution in [1.29, 1.82) is 0 Å². The van der Waals surface area contributed by atoms with Crippen molar-refractivity contribution in [3.05, 3.63) is 45.4 Å². The van der Waals surface area contributed by atoms with E-state index in [1.807, 2.05) is 0 Å². The first-order valence-electron chi connectivity index (χ1n) is 6.50. The van der Waals surface area contributed by atoms with Crippen LogP contribution in [0, 0.1) is 13.8 Å². The number of hydrogen-bond donors (Lipinski definition) is 0. The summed E-state index contributed by atoms with van der Waals surface area (Å²) in [6, 6.07) is 4.61. The molecule has 0 atom stereocenters. The molecule has 0 unspecified atom stereocenters. The van der Waals surface area contributed by atoms with Gasteiger partial charge in [-0.25, -0.2) is 0 Å². The molecule has 0 aromatic heterocycles. The Labute approximate surface area is 149 Å². The molecule has 0 spiro atoms. The van der Waals surface area contributed by atoms with Gasteiger partial charge in [-0.3, -0.25) is 0 Å². The molecule has 0 saturated heterocycles. The monoisotopic (exact) mass is 408 g/mol. The Morgan fingerprint density at radius 1 is 0.708 bits per heavy atom. The highest BCUT2D eigenvalue weighted by molar-refractivity contribution is 7.88. The minimum absolute atomic E-state index is 0.134. The van der Waals surface area contributed by atoms with Crippen LogP contribution < -0.4 is 8.37 Å². The molecule has 1 aliphatic heterocycles. The summed E-state index contributed by atoms with van der Waals surface area (Å²) in [4.78, 5) is -0.945. The van der Waals surface area contributed by atoms with Crippen molar-refractivity contribution in [3.8, 4) is 11.5 Å². The van der Waals surface area contributed by atoms with Crippen molar-refractivity contribution >= 4 is 43.4 Å². The normalized spacial score (nSPS) is 17.5. The molecule has 2 aromatic carbocycles. The predicted molar refractivity (Wildman–Crippen MR) is 88.0 cm³/mol. The highest BCUT2D eigenvalue weighted by Gasteiger charge is 2.34. The zero-order chi connectivity index (χ0) is 17.9. The van der Waals surface area contributed by atoms with E-state index < -0.39 is 30.0 Å². The van der Waals surface area contributed by atoms with Gasteiger partial charge in [0.05, 0.1) is 0 Å². The lowest BCUT2D eigenvalue weighted by Gasteiger charge is -2.19. The summed E-state index contributed by atoms with van der Waals surface area (Å²) in [5.41, 5.74) is 0.895. The van der Waals surface area contributed by atoms with Crippen LogP contribution in [0.2, 0.25) is 10.0 Å². The van der Waals surface area contributed by atoms with E-state index in [-0.39, 0.29) is 21.5 Å². The second-order valence-corrected chi connectivity index (χ2v) is 9.02. The summed E-state index contributed by atoms with van der Waals surface area (Å²) in [6.45, 7) is 3.16. The van der Waals surface area contributed by atoms with Crippen LogP contribution in [-0.4, -0.2) is 16.8 Å². The summed E-state index contributed by atoms with van der Waals surface area (Å²) in [5.74, 6) is -0.779. The third-order valence-electron chi connectivity index (χ3n) is 3.39. The minimum Gasteiger partial charge on any atom is -0.377 e. The third kappa shape index (κ3) is 2.83. The van der Waals surface area contributed by atoms with Gasteiger partial charge in [-0.1, -0.05) is 23.2 Å². The van der Waals surface area contributed by atoms with Gasteiger partial charge in [-0.2, -0.15) is 16.8 Å².